The number of nitro benzene ring substituents is 1. The summed E-state index contributed by atoms with van der Waals surface area (Å²) >= 11 is 0. The first-order valence-corrected chi connectivity index (χ1v) is 9.33. The third kappa shape index (κ3) is 4.62. The summed E-state index contributed by atoms with van der Waals surface area (Å²) in [4.78, 5) is 32.4. The molecule has 10 nitrogen and oxygen atoms in total. The van der Waals surface area contributed by atoms with Crippen LogP contribution in [0, 0.1) is 17.0 Å². The highest BCUT2D eigenvalue weighted by atomic mass is 32.2. The first-order valence-electron chi connectivity index (χ1n) is 7.89. The predicted molar refractivity (Wildman–Crippen MR) is 101 cm³/mol. The average Bonchev–Trinajstić information content (AvgIpc) is 2.59. The lowest BCUT2D eigenvalue weighted by molar-refractivity contribution is -0.384. The van der Waals surface area contributed by atoms with Crippen LogP contribution in [0.2, 0.25) is 0 Å². The van der Waals surface area contributed by atoms with E-state index in [9.17, 15) is 33.2 Å². The molecule has 0 aliphatic rings. The van der Waals surface area contributed by atoms with Gasteiger partial charge in [-0.15, -0.1) is 0 Å². The quantitative estimate of drug-likeness (QED) is 0.528. The van der Waals surface area contributed by atoms with Gasteiger partial charge in [0.25, 0.3) is 15.7 Å². The van der Waals surface area contributed by atoms with Gasteiger partial charge < -0.3 is 10.4 Å². The summed E-state index contributed by atoms with van der Waals surface area (Å²) in [6.45, 7) is 1.89. The van der Waals surface area contributed by atoms with Gasteiger partial charge in [0.1, 0.15) is 6.54 Å². The van der Waals surface area contributed by atoms with Crippen molar-refractivity contribution in [3.8, 4) is 0 Å². The van der Waals surface area contributed by atoms with Crippen LogP contribution >= 0.6 is 0 Å². The Morgan fingerprint density at radius 3 is 2.25 bits per heavy atom. The molecule has 2 aromatic rings. The van der Waals surface area contributed by atoms with Crippen molar-refractivity contribution < 1.29 is 28.0 Å². The number of benzene rings is 2. The molecule has 148 valence electrons. The lowest BCUT2D eigenvalue weighted by Gasteiger charge is -2.24. The molecule has 2 aromatic carbocycles. The first kappa shape index (κ1) is 20.8. The highest BCUT2D eigenvalue weighted by Gasteiger charge is 2.29. The number of sulfonamides is 1. The monoisotopic (exact) mass is 407 g/mol. The minimum absolute atomic E-state index is 0.0129. The molecule has 0 saturated carbocycles. The fourth-order valence-corrected chi connectivity index (χ4v) is 3.97. The van der Waals surface area contributed by atoms with E-state index >= 15 is 0 Å². The van der Waals surface area contributed by atoms with Crippen molar-refractivity contribution in [3.05, 3.63) is 58.1 Å². The topological polar surface area (TPSA) is 147 Å². The van der Waals surface area contributed by atoms with Gasteiger partial charge in [-0.05, 0) is 42.8 Å². The van der Waals surface area contributed by atoms with Gasteiger partial charge in [-0.3, -0.25) is 24.0 Å². The van der Waals surface area contributed by atoms with E-state index < -0.39 is 27.5 Å². The third-order valence-electron chi connectivity index (χ3n) is 3.70. The lowest BCUT2D eigenvalue weighted by atomic mass is 10.2. The van der Waals surface area contributed by atoms with Crippen molar-refractivity contribution in [2.24, 2.45) is 0 Å². The number of nitro groups is 1. The number of non-ortho nitro benzene ring substituents is 1. The minimum atomic E-state index is -4.28. The standard InChI is InChI=1S/C17H17N3O7S/c1-11-9-14(20(24)25)5-8-16(11)19(10-17(22)23)28(26,27)15-6-3-13(4-7-15)18-12(2)21/h3-9H,10H2,1-2H3,(H,18,21)(H,22,23). The summed E-state index contributed by atoms with van der Waals surface area (Å²) in [5, 5.41) is 22.6. The normalized spacial score (nSPS) is 10.9. The Labute approximate surface area is 160 Å². The first-order chi connectivity index (χ1) is 13.0. The van der Waals surface area contributed by atoms with Crippen LogP contribution in [0.5, 0.6) is 0 Å². The van der Waals surface area contributed by atoms with E-state index in [4.69, 9.17) is 0 Å². The molecule has 0 aliphatic heterocycles. The molecule has 0 unspecified atom stereocenters. The molecular weight excluding hydrogens is 390 g/mol. The van der Waals surface area contributed by atoms with Crippen LogP contribution in [0.4, 0.5) is 17.1 Å². The second-order valence-corrected chi connectivity index (χ2v) is 7.70. The number of nitrogens with one attached hydrogen (secondary N) is 1. The molecule has 0 aliphatic carbocycles. The number of carboxylic acids is 1. The Hall–Kier alpha value is -3.47. The summed E-state index contributed by atoms with van der Waals surface area (Å²) in [5.74, 6) is -1.72. The molecule has 0 atom stereocenters. The molecule has 0 aromatic heterocycles. The molecule has 11 heteroatoms. The van der Waals surface area contributed by atoms with Gasteiger partial charge in [0.15, 0.2) is 0 Å². The van der Waals surface area contributed by atoms with Gasteiger partial charge in [0.05, 0.1) is 15.5 Å². The maximum absolute atomic E-state index is 13.0. The van der Waals surface area contributed by atoms with E-state index in [-0.39, 0.29) is 27.7 Å². The SMILES string of the molecule is CC(=O)Nc1ccc(S(=O)(=O)N(CC(=O)O)c2ccc([N+](=O)[O-])cc2C)cc1. The Balaban J connectivity index is 2.51. The molecule has 0 saturated heterocycles. The van der Waals surface area contributed by atoms with E-state index in [1.165, 1.54) is 50.2 Å². The van der Waals surface area contributed by atoms with E-state index in [0.717, 1.165) is 6.07 Å². The van der Waals surface area contributed by atoms with Crippen molar-refractivity contribution in [1.29, 1.82) is 0 Å². The van der Waals surface area contributed by atoms with Crippen LogP contribution in [-0.2, 0) is 19.6 Å². The van der Waals surface area contributed by atoms with E-state index in [2.05, 4.69) is 5.32 Å². The van der Waals surface area contributed by atoms with Crippen molar-refractivity contribution in [3.63, 3.8) is 0 Å². The maximum Gasteiger partial charge on any atom is 0.324 e. The van der Waals surface area contributed by atoms with E-state index in [1.54, 1.807) is 0 Å². The molecule has 0 spiro atoms. The number of nitrogens with zero attached hydrogens (tertiary/aromatic N) is 2. The summed E-state index contributed by atoms with van der Waals surface area (Å²) < 4.78 is 26.7. The number of aryl methyl sites for hydroxylation is 1. The molecule has 28 heavy (non-hydrogen) atoms. The van der Waals surface area contributed by atoms with Gasteiger partial charge in [0, 0.05) is 24.7 Å². The third-order valence-corrected chi connectivity index (χ3v) is 5.48. The molecule has 2 N–H and O–H groups in total. The minimum Gasteiger partial charge on any atom is -0.480 e. The Kier molecular flexibility index (Phi) is 5.99. The average molecular weight is 407 g/mol. The number of carbonyl (C=O) groups excluding carboxylic acids is 1. The van der Waals surface area contributed by atoms with Crippen LogP contribution in [0.25, 0.3) is 0 Å². The van der Waals surface area contributed by atoms with Crippen LogP contribution in [0.15, 0.2) is 47.4 Å². The molecule has 0 fully saturated rings. The lowest BCUT2D eigenvalue weighted by Crippen LogP contribution is -2.36. The fourth-order valence-electron chi connectivity index (χ4n) is 2.50. The Morgan fingerprint density at radius 2 is 1.79 bits per heavy atom. The molecule has 0 radical (unpaired) electrons. The number of hydrogen-bond acceptors (Lipinski definition) is 6. The number of rotatable bonds is 7. The van der Waals surface area contributed by atoms with Crippen LogP contribution in [0.3, 0.4) is 0 Å². The van der Waals surface area contributed by atoms with Crippen molar-refractivity contribution in [2.75, 3.05) is 16.2 Å². The number of carboxylic acid groups (broad SMARTS) is 1. The van der Waals surface area contributed by atoms with Crippen LogP contribution in [-0.4, -0.2) is 36.9 Å². The fraction of sp³-hybridized carbons (Fsp3) is 0.176. The van der Waals surface area contributed by atoms with Crippen molar-refractivity contribution >= 4 is 39.0 Å². The molecule has 1 amide bonds. The van der Waals surface area contributed by atoms with Gasteiger partial charge >= 0.3 is 5.97 Å². The molecule has 0 heterocycles. The van der Waals surface area contributed by atoms with E-state index in [0.29, 0.717) is 9.99 Å². The number of anilines is 2. The largest absolute Gasteiger partial charge is 0.480 e. The highest BCUT2D eigenvalue weighted by molar-refractivity contribution is 7.92. The second-order valence-electron chi connectivity index (χ2n) is 5.84. The summed E-state index contributed by atoms with van der Waals surface area (Å²) in [6, 6.07) is 8.67. The van der Waals surface area contributed by atoms with Gasteiger partial charge in [-0.1, -0.05) is 0 Å². The number of hydrogen-bond donors (Lipinski definition) is 2. The van der Waals surface area contributed by atoms with Gasteiger partial charge in [-0.25, -0.2) is 8.42 Å². The zero-order valence-corrected chi connectivity index (χ0v) is 15.8. The molecular formula is C17H17N3O7S. The highest BCUT2D eigenvalue weighted by Crippen LogP contribution is 2.30. The van der Waals surface area contributed by atoms with Gasteiger partial charge in [-0.2, -0.15) is 0 Å². The van der Waals surface area contributed by atoms with E-state index in [1.807, 2.05) is 0 Å². The van der Waals surface area contributed by atoms with Crippen molar-refractivity contribution in [1.82, 2.24) is 0 Å². The number of amides is 1. The maximum atomic E-state index is 13.0. The smallest absolute Gasteiger partial charge is 0.324 e. The van der Waals surface area contributed by atoms with Crippen molar-refractivity contribution in [2.45, 2.75) is 18.7 Å². The zero-order chi connectivity index (χ0) is 21.1. The van der Waals surface area contributed by atoms with Crippen LogP contribution in [0.1, 0.15) is 12.5 Å². The summed E-state index contributed by atoms with van der Waals surface area (Å²) in [6.07, 6.45) is 0. The predicted octanol–water partition coefficient (Wildman–Crippen LogP) is 2.14. The summed E-state index contributed by atoms with van der Waals surface area (Å²) in [7, 11) is -4.28. The Morgan fingerprint density at radius 1 is 1.18 bits per heavy atom. The second kappa shape index (κ2) is 8.05. The summed E-state index contributed by atoms with van der Waals surface area (Å²) in [5.41, 5.74) is 0.379. The zero-order valence-electron chi connectivity index (χ0n) is 14.9. The number of carbonyl (C=O) groups is 2. The molecule has 0 bridgehead atoms. The van der Waals surface area contributed by atoms with Gasteiger partial charge in [0.2, 0.25) is 5.91 Å². The molecule has 2 rings (SSSR count). The Bertz CT molecular complexity index is 1030. The number of aliphatic carboxylic acids is 1. The van der Waals surface area contributed by atoms with Crippen LogP contribution < -0.4 is 9.62 Å².